The average Bonchev–Trinajstić information content (AvgIpc) is 0.776. The van der Waals surface area contributed by atoms with Crippen molar-refractivity contribution in [2.75, 3.05) is 20.7 Å². The van der Waals surface area contributed by atoms with Crippen LogP contribution in [-0.2, 0) is 61.0 Å². The van der Waals surface area contributed by atoms with Crippen LogP contribution in [0.4, 0.5) is 0 Å². The van der Waals surface area contributed by atoms with Gasteiger partial charge in [0.25, 0.3) is 0 Å². The van der Waals surface area contributed by atoms with Crippen molar-refractivity contribution in [3.05, 3.63) is 182 Å². The fourth-order valence-corrected chi connectivity index (χ4v) is 14.8. The number of carboxylic acid groups (broad SMARTS) is 1. The van der Waals surface area contributed by atoms with Crippen LogP contribution >= 0.6 is 34.8 Å². The number of phenols is 3. The van der Waals surface area contributed by atoms with Crippen LogP contribution < -0.4 is 67.2 Å². The van der Waals surface area contributed by atoms with Gasteiger partial charge in [-0.05, 0) is 153 Å². The maximum absolute atomic E-state index is 14.9. The number of aliphatic carboxylic acids is 1. The molecule has 4 heterocycles. The third-order valence-corrected chi connectivity index (χ3v) is 21.6. The standard InChI is InChI=1S/C83H96Cl3N9O24/c1-38(2)25-54(88-6)78(108)95-70-71(103)45-17-24-60(53(86)28-45)117-62-10-8-9-61(74(62)118-63-29-46(36-96)72(104)73(105)75(63)119-66-34-83(5,76(106)40(4)115-66)90-35-41-13-20-49(21-14-41)114-37-42-11-18-47(84)19-12-42)116-59-23-16-43(27-52(59)85)57(99)33-65(102)93-69(82(112)113)51-30-48(97)31-58(100)67(51)50-26-44(15-22-56(50)98)68(80(110)89-7)94-77(107)39(3)91-79(109)55(32-64(87)101)92-81(70)111/h8-24,26-28,30-31,38-40,46,54-55,57,63,66,68-73,75-76,88,90,96-100,103-106H,25,29,32-37H2,1-7H3,(H2,87,101)(H,89,110)(H,91,109)(H,92,111)(H,93,102)(H,94,107)(H,95,108)(H,112,113)/t39-,40?,46?,54-,55+,57+,63?,66?,68?,69+,70-,71-,72?,73?,75?,76?,83?/m1/s1. The van der Waals surface area contributed by atoms with Gasteiger partial charge >= 0.3 is 5.97 Å². The number of hydrogen-bond donors (Lipinski definition) is 19. The van der Waals surface area contributed by atoms with E-state index in [1.165, 1.54) is 74.8 Å². The van der Waals surface area contributed by atoms with Crippen molar-refractivity contribution in [2.45, 2.75) is 177 Å². The third kappa shape index (κ3) is 22.5. The normalized spacial score (nSPS) is 25.5. The number of carbonyl (C=O) groups excluding carboxylic acids is 7. The Balaban J connectivity index is 1.03. The predicted molar refractivity (Wildman–Crippen MR) is 431 cm³/mol. The molecular weight excluding hydrogens is 1610 g/mol. The molecule has 5 aliphatic rings. The monoisotopic (exact) mass is 1710 g/mol. The zero-order chi connectivity index (χ0) is 86.6. The topological polar surface area (TPSA) is 517 Å². The molecule has 0 aromatic heterocycles. The van der Waals surface area contributed by atoms with Crippen LogP contribution in [0, 0.1) is 11.8 Å². The number of nitrogens with one attached hydrogen (secondary N) is 8. The number of aliphatic hydroxyl groups is 6. The quantitative estimate of drug-likeness (QED) is 0.0428. The Morgan fingerprint density at radius 2 is 1.34 bits per heavy atom. The van der Waals surface area contributed by atoms with Gasteiger partial charge in [0.2, 0.25) is 47.1 Å². The van der Waals surface area contributed by atoms with Crippen LogP contribution in [0.25, 0.3) is 11.1 Å². The molecule has 1 saturated heterocycles. The number of aromatic hydroxyl groups is 3. The Bertz CT molecular complexity index is 4840. The van der Waals surface area contributed by atoms with Gasteiger partial charge in [0.05, 0.1) is 53.3 Å². The molecular formula is C83H96Cl3N9O24. The lowest BCUT2D eigenvalue weighted by molar-refractivity contribution is -0.289. The summed E-state index contributed by atoms with van der Waals surface area (Å²) in [4.78, 5) is 112. The molecule has 7 amide bonds. The Hall–Kier alpha value is -10.6. The summed E-state index contributed by atoms with van der Waals surface area (Å²) in [7, 11) is 2.68. The molecule has 8 bridgehead atoms. The summed E-state index contributed by atoms with van der Waals surface area (Å²) in [5.41, 5.74) is 4.38. The summed E-state index contributed by atoms with van der Waals surface area (Å²) in [5, 5.41) is 136. The van der Waals surface area contributed by atoms with E-state index in [1.54, 1.807) is 38.1 Å². The number of carboxylic acids is 1. The Morgan fingerprint density at radius 1 is 0.706 bits per heavy atom. The van der Waals surface area contributed by atoms with Crippen LogP contribution in [0.2, 0.25) is 15.1 Å². The minimum absolute atomic E-state index is 0.0335. The maximum atomic E-state index is 14.9. The summed E-state index contributed by atoms with van der Waals surface area (Å²) < 4.78 is 39.0. The Morgan fingerprint density at radius 3 is 1.96 bits per heavy atom. The first-order chi connectivity index (χ1) is 56.5. The minimum atomic E-state index is -2.19. The zero-order valence-electron chi connectivity index (χ0n) is 65.6. The molecule has 33 nitrogen and oxygen atoms in total. The molecule has 20 N–H and O–H groups in total. The average molecular weight is 1710 g/mol. The molecule has 1 saturated carbocycles. The zero-order valence-corrected chi connectivity index (χ0v) is 67.8. The first-order valence-electron chi connectivity index (χ1n) is 38.0. The number of carbonyl (C=O) groups is 8. The third-order valence-electron chi connectivity index (χ3n) is 20.7. The van der Waals surface area contributed by atoms with Crippen molar-refractivity contribution in [1.82, 2.24) is 42.5 Å². The van der Waals surface area contributed by atoms with E-state index in [0.29, 0.717) is 17.4 Å². The molecule has 36 heteroatoms. The van der Waals surface area contributed by atoms with E-state index >= 15 is 0 Å². The second-order valence-corrected chi connectivity index (χ2v) is 31.3. The van der Waals surface area contributed by atoms with Crippen LogP contribution in [-0.4, -0.2) is 192 Å². The van der Waals surface area contributed by atoms with Crippen LogP contribution in [0.1, 0.15) is 124 Å². The largest absolute Gasteiger partial charge is 0.508 e. The lowest BCUT2D eigenvalue weighted by Crippen LogP contribution is -2.64. The molecule has 1 aliphatic carbocycles. The number of ether oxygens (including phenoxy) is 6. The van der Waals surface area contributed by atoms with Gasteiger partial charge in [-0.15, -0.1) is 0 Å². The molecule has 0 radical (unpaired) electrons. The van der Waals surface area contributed by atoms with Crippen LogP contribution in [0.5, 0.6) is 51.7 Å². The number of halogens is 3. The summed E-state index contributed by atoms with van der Waals surface area (Å²) in [5.74, 6) is -13.3. The number of nitrogens with two attached hydrogens (primary N) is 1. The first kappa shape index (κ1) is 90.7. The minimum Gasteiger partial charge on any atom is -0.508 e. The maximum Gasteiger partial charge on any atom is 0.330 e. The highest BCUT2D eigenvalue weighted by molar-refractivity contribution is 6.32. The number of fused-ring (bicyclic) bond motifs is 2. The van der Waals surface area contributed by atoms with Crippen molar-refractivity contribution >= 4 is 82.1 Å². The number of rotatable bonds is 20. The number of aliphatic hydroxyl groups excluding tert-OH is 6. The summed E-state index contributed by atoms with van der Waals surface area (Å²) in [6.45, 7) is 8.07. The summed E-state index contributed by atoms with van der Waals surface area (Å²) in [6.07, 6.45) is -15.4. The van der Waals surface area contributed by atoms with Crippen molar-refractivity contribution in [2.24, 2.45) is 17.6 Å². The van der Waals surface area contributed by atoms with Crippen molar-refractivity contribution in [3.8, 4) is 62.9 Å². The molecule has 119 heavy (non-hydrogen) atoms. The molecule has 12 rings (SSSR count). The SMILES string of the molecule is CNC(=O)C1NC(=O)[C@@H](C)NC(=O)[C@H](CC(N)=O)NC(=O)[C@H](NC(=O)[C@@H](CC(C)C)NC)[C@H](O)c2ccc(c(Cl)c2)Oc2cccc(c2OC2CC(CO)C(O)C(O)C2OC2CC(C)(NCc3ccc(OCc4ccc(Cl)cc4)cc3)C(O)C(C)O2)Oc2ccc(cc2Cl)[C@@H](O)CC(=O)N[C@H](C(=O)O)c2cc(O)cc(O)c2-c2cc1ccc2O. The van der Waals surface area contributed by atoms with Gasteiger partial charge in [0, 0.05) is 65.9 Å². The first-order valence-corrected chi connectivity index (χ1v) is 39.2. The molecule has 10 unspecified atom stereocenters. The molecule has 2 fully saturated rings. The second-order valence-electron chi connectivity index (χ2n) is 30.0. The lowest BCUT2D eigenvalue weighted by atomic mass is 9.80. The molecule has 4 aliphatic heterocycles. The van der Waals surface area contributed by atoms with Gasteiger partial charge in [0.15, 0.2) is 23.8 Å². The van der Waals surface area contributed by atoms with Gasteiger partial charge in [-0.3, -0.25) is 33.6 Å². The van der Waals surface area contributed by atoms with Gasteiger partial charge in [-0.1, -0.05) is 97.2 Å². The summed E-state index contributed by atoms with van der Waals surface area (Å²) >= 11 is 20.2. The number of primary amides is 1. The number of phenolic OH excluding ortho intramolecular Hbond substituents is 3. The summed E-state index contributed by atoms with van der Waals surface area (Å²) in [6, 6.07) is 20.7. The fraction of sp³-hybridized carbons (Fsp3) is 0.398. The molecule has 0 spiro atoms. The van der Waals surface area contributed by atoms with Gasteiger partial charge < -0.3 is 128 Å². The number of hydrogen-bond acceptors (Lipinski definition) is 25. The van der Waals surface area contributed by atoms with Crippen LogP contribution in [0.15, 0.2) is 133 Å². The van der Waals surface area contributed by atoms with Crippen LogP contribution in [0.3, 0.4) is 0 Å². The van der Waals surface area contributed by atoms with E-state index in [1.807, 2.05) is 38.1 Å². The second kappa shape index (κ2) is 40.0. The Labute approximate surface area is 698 Å². The molecule has 7 aromatic carbocycles. The number of benzene rings is 7. The van der Waals surface area contributed by atoms with E-state index in [9.17, 15) is 89.4 Å². The highest BCUT2D eigenvalue weighted by atomic mass is 35.5. The smallest absolute Gasteiger partial charge is 0.330 e. The van der Waals surface area contributed by atoms with E-state index in [-0.39, 0.29) is 87.2 Å². The Kier molecular flexibility index (Phi) is 30.5. The molecule has 638 valence electrons. The van der Waals surface area contributed by atoms with Crippen molar-refractivity contribution in [3.63, 3.8) is 0 Å². The number of amides is 7. The molecule has 7 aromatic rings. The predicted octanol–water partition coefficient (Wildman–Crippen LogP) is 5.80. The van der Waals surface area contributed by atoms with Gasteiger partial charge in [-0.25, -0.2) is 4.79 Å². The number of likely N-dealkylation sites (N-methyl/N-ethyl adjacent to an activating group) is 2. The van der Waals surface area contributed by atoms with Gasteiger partial charge in [0.1, 0.15) is 89.7 Å². The van der Waals surface area contributed by atoms with E-state index < -0.39 is 204 Å². The van der Waals surface area contributed by atoms with Crippen molar-refractivity contribution in [1.29, 1.82) is 0 Å². The van der Waals surface area contributed by atoms with E-state index in [2.05, 4.69) is 42.5 Å². The lowest BCUT2D eigenvalue weighted by Gasteiger charge is -2.48. The number of para-hydroxylation sites is 1. The highest BCUT2D eigenvalue weighted by Crippen LogP contribution is 2.49. The fourth-order valence-electron chi connectivity index (χ4n) is 14.2. The molecule has 17 atom stereocenters. The van der Waals surface area contributed by atoms with Gasteiger partial charge in [-0.2, -0.15) is 0 Å². The van der Waals surface area contributed by atoms with Crippen molar-refractivity contribution < 1.29 is 118 Å². The van der Waals surface area contributed by atoms with E-state index in [0.717, 1.165) is 42.3 Å². The highest BCUT2D eigenvalue weighted by Gasteiger charge is 2.51. The van der Waals surface area contributed by atoms with E-state index in [4.69, 9.17) is 69.0 Å².